The molecule has 2 aliphatic rings. The fourth-order valence-electron chi connectivity index (χ4n) is 5.65. The van der Waals surface area contributed by atoms with Crippen molar-refractivity contribution in [3.63, 3.8) is 0 Å². The Balaban J connectivity index is 1.52. The molecule has 0 radical (unpaired) electrons. The van der Waals surface area contributed by atoms with Gasteiger partial charge in [0.25, 0.3) is 0 Å². The summed E-state index contributed by atoms with van der Waals surface area (Å²) in [6.07, 6.45) is 0.507. The second-order valence-corrected chi connectivity index (χ2v) is 9.99. The molecule has 0 bridgehead atoms. The highest BCUT2D eigenvalue weighted by Crippen LogP contribution is 2.47. The smallest absolute Gasteiger partial charge is 0.247 e. The number of amides is 2. The Morgan fingerprint density at radius 2 is 1.73 bits per heavy atom. The maximum Gasteiger partial charge on any atom is 0.247 e. The molecule has 0 aromatic heterocycles. The standard InChI is InChI=1S/C32H34N2O6/c1-39-26-13-7-5-11-22(26)15-17-34(28(36)19-21-9-3-2-4-10-21)25-20-24(32(38)33-16-18-35)29-23-12-6-8-14-27(23)40-31(29)30(25)37/h2-14,20,25,29-31,35,37H,15-19H2,1H3,(H,33,38)/t25-,29+,30+,31+/m1/s1. The highest BCUT2D eigenvalue weighted by Gasteiger charge is 2.50. The first-order chi connectivity index (χ1) is 19.5. The number of aliphatic hydroxyl groups is 2. The summed E-state index contributed by atoms with van der Waals surface area (Å²) in [5, 5.41) is 23.8. The molecule has 0 saturated carbocycles. The lowest BCUT2D eigenvalue weighted by Crippen LogP contribution is -2.56. The molecule has 8 nitrogen and oxygen atoms in total. The van der Waals surface area contributed by atoms with E-state index in [2.05, 4.69) is 5.32 Å². The van der Waals surface area contributed by atoms with Crippen LogP contribution in [-0.2, 0) is 22.4 Å². The summed E-state index contributed by atoms with van der Waals surface area (Å²) < 4.78 is 11.7. The van der Waals surface area contributed by atoms with Crippen LogP contribution >= 0.6 is 0 Å². The topological polar surface area (TPSA) is 108 Å². The first kappa shape index (κ1) is 27.4. The van der Waals surface area contributed by atoms with Gasteiger partial charge >= 0.3 is 0 Å². The van der Waals surface area contributed by atoms with E-state index in [0.717, 1.165) is 22.4 Å². The van der Waals surface area contributed by atoms with Crippen molar-refractivity contribution in [2.24, 2.45) is 0 Å². The van der Waals surface area contributed by atoms with Crippen molar-refractivity contribution >= 4 is 11.8 Å². The maximum atomic E-state index is 13.9. The van der Waals surface area contributed by atoms with Crippen molar-refractivity contribution < 1.29 is 29.3 Å². The zero-order valence-corrected chi connectivity index (χ0v) is 22.4. The first-order valence-electron chi connectivity index (χ1n) is 13.5. The normalized spacial score (nSPS) is 20.9. The van der Waals surface area contributed by atoms with Crippen molar-refractivity contribution in [1.82, 2.24) is 10.2 Å². The number of hydrogen-bond acceptors (Lipinski definition) is 6. The molecule has 1 heterocycles. The van der Waals surface area contributed by atoms with Gasteiger partial charge in [-0.3, -0.25) is 9.59 Å². The number of ether oxygens (including phenoxy) is 2. The molecule has 8 heteroatoms. The average Bonchev–Trinajstić information content (AvgIpc) is 3.38. The predicted molar refractivity (Wildman–Crippen MR) is 150 cm³/mol. The number of benzene rings is 3. The quantitative estimate of drug-likeness (QED) is 0.364. The zero-order valence-electron chi connectivity index (χ0n) is 22.4. The summed E-state index contributed by atoms with van der Waals surface area (Å²) in [7, 11) is 1.61. The summed E-state index contributed by atoms with van der Waals surface area (Å²) >= 11 is 0. The van der Waals surface area contributed by atoms with Crippen molar-refractivity contribution in [1.29, 1.82) is 0 Å². The Hall–Kier alpha value is -4.14. The molecule has 2 amide bonds. The predicted octanol–water partition coefficient (Wildman–Crippen LogP) is 2.63. The van der Waals surface area contributed by atoms with Crippen LogP contribution in [0.5, 0.6) is 11.5 Å². The van der Waals surface area contributed by atoms with Crippen molar-refractivity contribution in [2.45, 2.75) is 37.0 Å². The molecule has 1 aliphatic carbocycles. The van der Waals surface area contributed by atoms with Crippen molar-refractivity contribution in [2.75, 3.05) is 26.8 Å². The molecule has 3 N–H and O–H groups in total. The Morgan fingerprint density at radius 3 is 2.50 bits per heavy atom. The SMILES string of the molecule is COc1ccccc1CCN(C(=O)Cc1ccccc1)[C@@H]1C=C(C(=O)NCCO)[C@@H]2c3ccccc3O[C@@H]2[C@H]1O. The summed E-state index contributed by atoms with van der Waals surface area (Å²) in [5.41, 5.74) is 3.01. The van der Waals surface area contributed by atoms with E-state index in [9.17, 15) is 19.8 Å². The largest absolute Gasteiger partial charge is 0.496 e. The van der Waals surface area contributed by atoms with Gasteiger partial charge in [-0.2, -0.15) is 0 Å². The number of fused-ring (bicyclic) bond motifs is 3. The van der Waals surface area contributed by atoms with Gasteiger partial charge in [-0.1, -0.05) is 66.7 Å². The second kappa shape index (κ2) is 12.4. The van der Waals surface area contributed by atoms with Gasteiger partial charge in [-0.25, -0.2) is 0 Å². The Morgan fingerprint density at radius 1 is 1.00 bits per heavy atom. The van der Waals surface area contributed by atoms with E-state index in [1.165, 1.54) is 0 Å². The number of rotatable bonds is 10. The lowest BCUT2D eigenvalue weighted by Gasteiger charge is -2.41. The van der Waals surface area contributed by atoms with Gasteiger partial charge in [-0.15, -0.1) is 0 Å². The van der Waals surface area contributed by atoms with E-state index >= 15 is 0 Å². The summed E-state index contributed by atoms with van der Waals surface area (Å²) in [6.45, 7) is 0.181. The first-order valence-corrected chi connectivity index (χ1v) is 13.5. The lowest BCUT2D eigenvalue weighted by atomic mass is 9.77. The summed E-state index contributed by atoms with van der Waals surface area (Å²) in [5.74, 6) is 0.291. The molecule has 1 aliphatic heterocycles. The molecule has 3 aromatic rings. The second-order valence-electron chi connectivity index (χ2n) is 9.99. The summed E-state index contributed by atoms with van der Waals surface area (Å²) in [4.78, 5) is 28.9. The molecule has 4 atom stereocenters. The van der Waals surface area contributed by atoms with Crippen LogP contribution in [0.25, 0.3) is 0 Å². The number of nitrogens with one attached hydrogen (secondary N) is 1. The molecule has 0 saturated heterocycles. The number of hydrogen-bond donors (Lipinski definition) is 3. The van der Waals surface area contributed by atoms with Gasteiger partial charge in [0.1, 0.15) is 23.7 Å². The van der Waals surface area contributed by atoms with E-state index in [4.69, 9.17) is 9.47 Å². The minimum absolute atomic E-state index is 0.0910. The molecule has 40 heavy (non-hydrogen) atoms. The maximum absolute atomic E-state index is 13.9. The van der Waals surface area contributed by atoms with Crippen molar-refractivity contribution in [3.8, 4) is 11.5 Å². The molecule has 0 fully saturated rings. The molecule has 208 valence electrons. The van der Waals surface area contributed by atoms with Gasteiger partial charge in [0.2, 0.25) is 11.8 Å². The monoisotopic (exact) mass is 542 g/mol. The van der Waals surface area contributed by atoms with Crippen LogP contribution in [0.3, 0.4) is 0 Å². The van der Waals surface area contributed by atoms with Crippen LogP contribution in [0.1, 0.15) is 22.6 Å². The zero-order chi connectivity index (χ0) is 28.1. The number of para-hydroxylation sites is 2. The number of nitrogens with zero attached hydrogens (tertiary/aromatic N) is 1. The lowest BCUT2D eigenvalue weighted by molar-refractivity contribution is -0.136. The molecule has 0 spiro atoms. The third-order valence-corrected chi connectivity index (χ3v) is 7.57. The van der Waals surface area contributed by atoms with Crippen LogP contribution in [0.4, 0.5) is 0 Å². The fourth-order valence-corrected chi connectivity index (χ4v) is 5.65. The van der Waals surface area contributed by atoms with Gasteiger partial charge in [0.15, 0.2) is 0 Å². The molecular formula is C32H34N2O6. The molecule has 3 aromatic carbocycles. The third-order valence-electron chi connectivity index (χ3n) is 7.57. The summed E-state index contributed by atoms with van der Waals surface area (Å²) in [6, 6.07) is 23.7. The highest BCUT2D eigenvalue weighted by atomic mass is 16.5. The van der Waals surface area contributed by atoms with E-state index in [0.29, 0.717) is 24.3 Å². The molecular weight excluding hydrogens is 508 g/mol. The number of methoxy groups -OCH3 is 1. The van der Waals surface area contributed by atoms with Gasteiger partial charge in [0.05, 0.1) is 32.1 Å². The minimum atomic E-state index is -1.08. The minimum Gasteiger partial charge on any atom is -0.496 e. The van der Waals surface area contributed by atoms with Gasteiger partial charge in [-0.05, 0) is 35.8 Å². The highest BCUT2D eigenvalue weighted by molar-refractivity contribution is 5.96. The van der Waals surface area contributed by atoms with E-state index in [-0.39, 0.29) is 31.4 Å². The van der Waals surface area contributed by atoms with Gasteiger partial charge in [0, 0.05) is 24.2 Å². The van der Waals surface area contributed by atoms with Crippen LogP contribution < -0.4 is 14.8 Å². The van der Waals surface area contributed by atoms with E-state index < -0.39 is 24.2 Å². The van der Waals surface area contributed by atoms with Crippen molar-refractivity contribution in [3.05, 3.63) is 107 Å². The van der Waals surface area contributed by atoms with Crippen LogP contribution in [0, 0.1) is 0 Å². The number of aliphatic hydroxyl groups excluding tert-OH is 2. The third kappa shape index (κ3) is 5.59. The molecule has 5 rings (SSSR count). The van der Waals surface area contributed by atoms with E-state index in [1.807, 2.05) is 78.9 Å². The van der Waals surface area contributed by atoms with Crippen LogP contribution in [0.15, 0.2) is 90.5 Å². The van der Waals surface area contributed by atoms with Crippen LogP contribution in [0.2, 0.25) is 0 Å². The Kier molecular flexibility index (Phi) is 8.48. The number of carbonyl (C=O) groups is 2. The average molecular weight is 543 g/mol. The fraction of sp³-hybridized carbons (Fsp3) is 0.312. The van der Waals surface area contributed by atoms with Crippen LogP contribution in [-0.4, -0.2) is 72.0 Å². The Labute approximate surface area is 233 Å². The van der Waals surface area contributed by atoms with E-state index in [1.54, 1.807) is 18.1 Å². The molecule has 0 unspecified atom stereocenters. The van der Waals surface area contributed by atoms with Gasteiger partial charge < -0.3 is 29.9 Å². The Bertz CT molecular complexity index is 1370. The number of carbonyl (C=O) groups excluding carboxylic acids is 2.